The Morgan fingerprint density at radius 2 is 2.27 bits per heavy atom. The van der Waals surface area contributed by atoms with Gasteiger partial charge >= 0.3 is 5.76 Å². The zero-order valence-electron chi connectivity index (χ0n) is 8.47. The third-order valence-electron chi connectivity index (χ3n) is 2.35. The van der Waals surface area contributed by atoms with Crippen molar-refractivity contribution in [2.75, 3.05) is 0 Å². The number of oxazole rings is 1. The predicted molar refractivity (Wildman–Crippen MR) is 63.1 cm³/mol. The minimum Gasteiger partial charge on any atom is -0.407 e. The number of hydrogen-bond acceptors (Lipinski definition) is 2. The van der Waals surface area contributed by atoms with Gasteiger partial charge in [-0.15, -0.1) is 0 Å². The lowest BCUT2D eigenvalue weighted by Gasteiger charge is -2.00. The monoisotopic (exact) mass is 269 g/mol. The first-order chi connectivity index (χ1) is 7.20. The second-order valence-electron chi connectivity index (χ2n) is 3.57. The van der Waals surface area contributed by atoms with E-state index in [1.165, 1.54) is 5.56 Å². The van der Waals surface area contributed by atoms with Crippen molar-refractivity contribution < 1.29 is 4.42 Å². The molecule has 80 valence electrons. The maximum atomic E-state index is 11.0. The molecular weight excluding hydrogens is 258 g/mol. The van der Waals surface area contributed by atoms with Crippen LogP contribution in [0.25, 0.3) is 11.1 Å². The molecule has 2 aromatic rings. The normalized spacial score (nSPS) is 11.1. The zero-order valence-corrected chi connectivity index (χ0v) is 10.1. The molecule has 0 saturated carbocycles. The van der Waals surface area contributed by atoms with Crippen LogP contribution in [0.2, 0.25) is 0 Å². The lowest BCUT2D eigenvalue weighted by Crippen LogP contribution is -1.93. The summed E-state index contributed by atoms with van der Waals surface area (Å²) in [4.78, 5) is 13.7. The van der Waals surface area contributed by atoms with Gasteiger partial charge in [-0.3, -0.25) is 4.98 Å². The standard InChI is InChI=1S/C11H12BrNO2/c1-2-3-4-7-5-8(12)10-9(6-7)13-11(14)15-10/h5-6H,2-4H2,1H3,(H,13,14). The SMILES string of the molecule is CCCCc1cc(Br)c2oc(=O)[nH]c2c1. The van der Waals surface area contributed by atoms with E-state index in [9.17, 15) is 4.79 Å². The molecule has 0 amide bonds. The van der Waals surface area contributed by atoms with E-state index in [1.807, 2.05) is 12.1 Å². The summed E-state index contributed by atoms with van der Waals surface area (Å²) in [5, 5.41) is 0. The Morgan fingerprint density at radius 1 is 1.47 bits per heavy atom. The van der Waals surface area contributed by atoms with Gasteiger partial charge in [-0.25, -0.2) is 4.79 Å². The lowest BCUT2D eigenvalue weighted by atomic mass is 10.1. The summed E-state index contributed by atoms with van der Waals surface area (Å²) >= 11 is 3.40. The van der Waals surface area contributed by atoms with E-state index >= 15 is 0 Å². The van der Waals surface area contributed by atoms with Crippen LogP contribution in [-0.4, -0.2) is 4.98 Å². The van der Waals surface area contributed by atoms with Crippen molar-refractivity contribution in [2.45, 2.75) is 26.2 Å². The predicted octanol–water partition coefficient (Wildman–Crippen LogP) is 3.23. The molecule has 4 heteroatoms. The molecule has 0 aliphatic carbocycles. The summed E-state index contributed by atoms with van der Waals surface area (Å²) in [6, 6.07) is 3.98. The summed E-state index contributed by atoms with van der Waals surface area (Å²) in [7, 11) is 0. The van der Waals surface area contributed by atoms with Crippen molar-refractivity contribution in [3.05, 3.63) is 32.7 Å². The van der Waals surface area contributed by atoms with Gasteiger partial charge < -0.3 is 4.42 Å². The number of fused-ring (bicyclic) bond motifs is 1. The number of nitrogens with one attached hydrogen (secondary N) is 1. The van der Waals surface area contributed by atoms with Crippen LogP contribution in [0.3, 0.4) is 0 Å². The van der Waals surface area contributed by atoms with Crippen LogP contribution in [-0.2, 0) is 6.42 Å². The second kappa shape index (κ2) is 4.23. The molecule has 3 nitrogen and oxygen atoms in total. The molecule has 0 aliphatic rings. The number of aryl methyl sites for hydroxylation is 1. The van der Waals surface area contributed by atoms with Gasteiger partial charge in [0.2, 0.25) is 0 Å². The Balaban J connectivity index is 2.47. The van der Waals surface area contributed by atoms with Crippen LogP contribution in [0.15, 0.2) is 25.8 Å². The quantitative estimate of drug-likeness (QED) is 0.930. The number of H-pyrrole nitrogens is 1. The fraction of sp³-hybridized carbons (Fsp3) is 0.364. The lowest BCUT2D eigenvalue weighted by molar-refractivity contribution is 0.554. The maximum Gasteiger partial charge on any atom is 0.417 e. The van der Waals surface area contributed by atoms with E-state index in [0.29, 0.717) is 5.58 Å². The van der Waals surface area contributed by atoms with E-state index in [4.69, 9.17) is 4.42 Å². The van der Waals surface area contributed by atoms with Gasteiger partial charge in [0.05, 0.1) is 9.99 Å². The molecule has 0 unspecified atom stereocenters. The maximum absolute atomic E-state index is 11.0. The molecule has 1 aromatic carbocycles. The molecule has 1 heterocycles. The van der Waals surface area contributed by atoms with Crippen molar-refractivity contribution in [3.8, 4) is 0 Å². The van der Waals surface area contributed by atoms with E-state index in [-0.39, 0.29) is 0 Å². The molecule has 0 atom stereocenters. The Hall–Kier alpha value is -1.03. The first-order valence-corrected chi connectivity index (χ1v) is 5.81. The average Bonchev–Trinajstić information content (AvgIpc) is 2.56. The van der Waals surface area contributed by atoms with Gasteiger partial charge in [0.1, 0.15) is 0 Å². The topological polar surface area (TPSA) is 46.0 Å². The summed E-state index contributed by atoms with van der Waals surface area (Å²) in [5.41, 5.74) is 2.58. The summed E-state index contributed by atoms with van der Waals surface area (Å²) in [6.45, 7) is 2.16. The number of benzene rings is 1. The number of halogens is 1. The van der Waals surface area contributed by atoms with Crippen molar-refractivity contribution in [1.29, 1.82) is 0 Å². The van der Waals surface area contributed by atoms with Crippen LogP contribution in [0.4, 0.5) is 0 Å². The second-order valence-corrected chi connectivity index (χ2v) is 4.43. The summed E-state index contributed by atoms with van der Waals surface area (Å²) < 4.78 is 5.84. The van der Waals surface area contributed by atoms with Gasteiger partial charge in [-0.1, -0.05) is 13.3 Å². The molecular formula is C11H12BrNO2. The molecule has 0 spiro atoms. The van der Waals surface area contributed by atoms with E-state index in [0.717, 1.165) is 29.3 Å². The van der Waals surface area contributed by atoms with E-state index in [1.54, 1.807) is 0 Å². The molecule has 2 rings (SSSR count). The minimum atomic E-state index is -0.404. The number of aromatic nitrogens is 1. The highest BCUT2D eigenvalue weighted by molar-refractivity contribution is 9.10. The van der Waals surface area contributed by atoms with Crippen LogP contribution in [0.5, 0.6) is 0 Å². The van der Waals surface area contributed by atoms with Crippen molar-refractivity contribution in [1.82, 2.24) is 4.98 Å². The van der Waals surface area contributed by atoms with Gasteiger partial charge in [-0.05, 0) is 46.5 Å². The highest BCUT2D eigenvalue weighted by Crippen LogP contribution is 2.24. The van der Waals surface area contributed by atoms with E-state index in [2.05, 4.69) is 27.8 Å². The third-order valence-corrected chi connectivity index (χ3v) is 2.94. The van der Waals surface area contributed by atoms with Gasteiger partial charge in [0, 0.05) is 0 Å². The highest BCUT2D eigenvalue weighted by atomic mass is 79.9. The minimum absolute atomic E-state index is 0.404. The van der Waals surface area contributed by atoms with Crippen LogP contribution < -0.4 is 5.76 Å². The Labute approximate surface area is 95.6 Å². The highest BCUT2D eigenvalue weighted by Gasteiger charge is 2.07. The van der Waals surface area contributed by atoms with Gasteiger partial charge in [-0.2, -0.15) is 0 Å². The number of unbranched alkanes of at least 4 members (excludes halogenated alkanes) is 1. The largest absolute Gasteiger partial charge is 0.417 e. The van der Waals surface area contributed by atoms with Gasteiger partial charge in [0.15, 0.2) is 5.58 Å². The Kier molecular flexibility index (Phi) is 2.95. The first-order valence-electron chi connectivity index (χ1n) is 5.02. The van der Waals surface area contributed by atoms with Crippen molar-refractivity contribution in [2.24, 2.45) is 0 Å². The average molecular weight is 270 g/mol. The molecule has 0 saturated heterocycles. The summed E-state index contributed by atoms with van der Waals surface area (Å²) in [5.74, 6) is -0.404. The summed E-state index contributed by atoms with van der Waals surface area (Å²) in [6.07, 6.45) is 3.34. The zero-order chi connectivity index (χ0) is 10.8. The van der Waals surface area contributed by atoms with Crippen LogP contribution in [0, 0.1) is 0 Å². The molecule has 0 bridgehead atoms. The van der Waals surface area contributed by atoms with Crippen LogP contribution >= 0.6 is 15.9 Å². The van der Waals surface area contributed by atoms with Crippen LogP contribution in [0.1, 0.15) is 25.3 Å². The first kappa shape index (κ1) is 10.5. The molecule has 0 radical (unpaired) electrons. The number of hydrogen-bond donors (Lipinski definition) is 1. The molecule has 1 aromatic heterocycles. The number of rotatable bonds is 3. The van der Waals surface area contributed by atoms with Gasteiger partial charge in [0.25, 0.3) is 0 Å². The molecule has 0 aliphatic heterocycles. The Morgan fingerprint density at radius 3 is 3.00 bits per heavy atom. The van der Waals surface area contributed by atoms with E-state index < -0.39 is 5.76 Å². The fourth-order valence-electron chi connectivity index (χ4n) is 1.60. The third kappa shape index (κ3) is 2.15. The fourth-order valence-corrected chi connectivity index (χ4v) is 2.19. The number of aromatic amines is 1. The Bertz CT molecular complexity index is 527. The van der Waals surface area contributed by atoms with Crippen molar-refractivity contribution in [3.63, 3.8) is 0 Å². The molecule has 1 N–H and O–H groups in total. The molecule has 15 heavy (non-hydrogen) atoms. The van der Waals surface area contributed by atoms with Crippen molar-refractivity contribution >= 4 is 27.0 Å². The smallest absolute Gasteiger partial charge is 0.407 e. The molecule has 0 fully saturated rings.